The Hall–Kier alpha value is -1.71. The van der Waals surface area contributed by atoms with Gasteiger partial charge in [-0.3, -0.25) is 10.1 Å². The zero-order valence-electron chi connectivity index (χ0n) is 13.9. The number of nitro benzene ring substituents is 1. The number of hydrogen-bond donors (Lipinski definition) is 1. The van der Waals surface area contributed by atoms with Gasteiger partial charge in [-0.15, -0.1) is 0 Å². The molecule has 9 heteroatoms. The highest BCUT2D eigenvalue weighted by Crippen LogP contribution is 2.32. The summed E-state index contributed by atoms with van der Waals surface area (Å²) in [4.78, 5) is 10.4. The first kappa shape index (κ1) is 18.6. The summed E-state index contributed by atoms with van der Waals surface area (Å²) in [6, 6.07) is 3.75. The summed E-state index contributed by atoms with van der Waals surface area (Å²) in [5.74, 6) is 0.554. The van der Waals surface area contributed by atoms with Crippen LogP contribution in [0.1, 0.15) is 19.3 Å². The maximum Gasteiger partial charge on any atom is 0.312 e. The van der Waals surface area contributed by atoms with Crippen LogP contribution in [-0.2, 0) is 10.0 Å². The molecule has 24 heavy (non-hydrogen) atoms. The molecule has 8 nitrogen and oxygen atoms in total. The second kappa shape index (κ2) is 7.91. The van der Waals surface area contributed by atoms with E-state index in [-0.39, 0.29) is 16.3 Å². The molecule has 1 aromatic carbocycles. The van der Waals surface area contributed by atoms with Crippen LogP contribution in [-0.4, -0.2) is 51.4 Å². The third kappa shape index (κ3) is 4.03. The van der Waals surface area contributed by atoms with E-state index in [0.29, 0.717) is 19.0 Å². The van der Waals surface area contributed by atoms with E-state index in [1.54, 1.807) is 0 Å². The van der Waals surface area contributed by atoms with Gasteiger partial charge in [0.05, 0.1) is 16.9 Å². The van der Waals surface area contributed by atoms with Crippen molar-refractivity contribution in [3.8, 4) is 5.75 Å². The van der Waals surface area contributed by atoms with Gasteiger partial charge in [-0.05, 0) is 50.9 Å². The standard InChI is InChI=1S/C15H23N3O5S/c1-16-8-5-12-6-9-17(10-7-12)24(21,22)13-3-4-15(23-2)14(11-13)18(19)20/h3-4,11-12,16H,5-10H2,1-2H3. The van der Waals surface area contributed by atoms with Crippen molar-refractivity contribution >= 4 is 15.7 Å². The summed E-state index contributed by atoms with van der Waals surface area (Å²) in [6.07, 6.45) is 2.64. The minimum Gasteiger partial charge on any atom is -0.490 e. The molecule has 0 amide bonds. The molecule has 0 spiro atoms. The summed E-state index contributed by atoms with van der Waals surface area (Å²) in [7, 11) is -0.518. The van der Waals surface area contributed by atoms with Crippen LogP contribution in [0.4, 0.5) is 5.69 Å². The van der Waals surface area contributed by atoms with Crippen LogP contribution >= 0.6 is 0 Å². The van der Waals surface area contributed by atoms with Crippen LogP contribution in [0.25, 0.3) is 0 Å². The molecule has 1 N–H and O–H groups in total. The fourth-order valence-corrected chi connectivity index (χ4v) is 4.40. The van der Waals surface area contributed by atoms with Gasteiger partial charge >= 0.3 is 5.69 Å². The molecule has 1 aliphatic rings. The summed E-state index contributed by atoms with van der Waals surface area (Å²) in [5.41, 5.74) is -0.345. The molecule has 0 aliphatic carbocycles. The molecule has 1 saturated heterocycles. The molecule has 0 radical (unpaired) electrons. The van der Waals surface area contributed by atoms with E-state index in [0.717, 1.165) is 31.9 Å². The molecule has 1 fully saturated rings. The summed E-state index contributed by atoms with van der Waals surface area (Å²) in [5, 5.41) is 14.2. The van der Waals surface area contributed by atoms with Gasteiger partial charge < -0.3 is 10.1 Å². The van der Waals surface area contributed by atoms with Crippen molar-refractivity contribution in [3.05, 3.63) is 28.3 Å². The lowest BCUT2D eigenvalue weighted by molar-refractivity contribution is -0.386. The molecule has 0 aromatic heterocycles. The predicted octanol–water partition coefficient (Wildman–Crippen LogP) is 1.61. The molecule has 1 aliphatic heterocycles. The molecule has 1 aromatic rings. The molecule has 0 bridgehead atoms. The van der Waals surface area contributed by atoms with Gasteiger partial charge in [0.2, 0.25) is 10.0 Å². The highest BCUT2D eigenvalue weighted by atomic mass is 32.2. The Morgan fingerprint density at radius 1 is 1.38 bits per heavy atom. The first-order chi connectivity index (χ1) is 11.4. The quantitative estimate of drug-likeness (QED) is 0.588. The first-order valence-corrected chi connectivity index (χ1v) is 9.31. The Kier molecular flexibility index (Phi) is 6.14. The Balaban J connectivity index is 2.16. The van der Waals surface area contributed by atoms with Gasteiger partial charge in [-0.2, -0.15) is 4.31 Å². The topological polar surface area (TPSA) is 102 Å². The minimum absolute atomic E-state index is 0.0460. The fourth-order valence-electron chi connectivity index (χ4n) is 2.91. The van der Waals surface area contributed by atoms with Crippen LogP contribution < -0.4 is 10.1 Å². The zero-order valence-corrected chi connectivity index (χ0v) is 14.7. The van der Waals surface area contributed by atoms with Gasteiger partial charge in [-0.1, -0.05) is 0 Å². The van der Waals surface area contributed by atoms with Crippen molar-refractivity contribution in [2.45, 2.75) is 24.2 Å². The van der Waals surface area contributed by atoms with E-state index in [2.05, 4.69) is 5.32 Å². The average molecular weight is 357 g/mol. The van der Waals surface area contributed by atoms with E-state index >= 15 is 0 Å². The van der Waals surface area contributed by atoms with Crippen LogP contribution in [0, 0.1) is 16.0 Å². The second-order valence-electron chi connectivity index (χ2n) is 5.83. The van der Waals surface area contributed by atoms with E-state index in [1.807, 2.05) is 7.05 Å². The van der Waals surface area contributed by atoms with Crippen LogP contribution in [0.5, 0.6) is 5.75 Å². The maximum atomic E-state index is 12.7. The fraction of sp³-hybridized carbons (Fsp3) is 0.600. The predicted molar refractivity (Wildman–Crippen MR) is 89.7 cm³/mol. The molecule has 0 unspecified atom stereocenters. The van der Waals surface area contributed by atoms with Crippen LogP contribution in [0.2, 0.25) is 0 Å². The van der Waals surface area contributed by atoms with Crippen molar-refractivity contribution in [2.24, 2.45) is 5.92 Å². The van der Waals surface area contributed by atoms with Crippen molar-refractivity contribution < 1.29 is 18.1 Å². The Labute approximate surface area is 142 Å². The third-order valence-corrected chi connectivity index (χ3v) is 6.26. The van der Waals surface area contributed by atoms with Crippen molar-refractivity contribution in [1.82, 2.24) is 9.62 Å². The van der Waals surface area contributed by atoms with Gasteiger partial charge in [0, 0.05) is 19.2 Å². The van der Waals surface area contributed by atoms with E-state index in [9.17, 15) is 18.5 Å². The minimum atomic E-state index is -3.73. The number of nitrogens with zero attached hydrogens (tertiary/aromatic N) is 2. The van der Waals surface area contributed by atoms with Gasteiger partial charge in [0.1, 0.15) is 0 Å². The van der Waals surface area contributed by atoms with Crippen LogP contribution in [0.3, 0.4) is 0 Å². The lowest BCUT2D eigenvalue weighted by Gasteiger charge is -2.31. The van der Waals surface area contributed by atoms with Crippen molar-refractivity contribution in [3.63, 3.8) is 0 Å². The lowest BCUT2D eigenvalue weighted by Crippen LogP contribution is -2.38. The van der Waals surface area contributed by atoms with Crippen molar-refractivity contribution in [1.29, 1.82) is 0 Å². The normalized spacial score (nSPS) is 16.9. The smallest absolute Gasteiger partial charge is 0.312 e. The highest BCUT2D eigenvalue weighted by molar-refractivity contribution is 7.89. The number of sulfonamides is 1. The number of nitrogens with one attached hydrogen (secondary N) is 1. The van der Waals surface area contributed by atoms with E-state index < -0.39 is 14.9 Å². The SMILES string of the molecule is CNCCC1CCN(S(=O)(=O)c2ccc(OC)c([N+](=O)[O-])c2)CC1. The molecule has 134 valence electrons. The molecule has 2 rings (SSSR count). The monoisotopic (exact) mass is 357 g/mol. The van der Waals surface area contributed by atoms with E-state index in [4.69, 9.17) is 4.74 Å². The Morgan fingerprint density at radius 3 is 2.58 bits per heavy atom. The number of rotatable bonds is 7. The second-order valence-corrected chi connectivity index (χ2v) is 7.77. The number of benzene rings is 1. The first-order valence-electron chi connectivity index (χ1n) is 7.87. The summed E-state index contributed by atoms with van der Waals surface area (Å²) < 4.78 is 31.8. The Morgan fingerprint density at radius 2 is 2.04 bits per heavy atom. The van der Waals surface area contributed by atoms with Gasteiger partial charge in [-0.25, -0.2) is 8.42 Å². The number of methoxy groups -OCH3 is 1. The number of ether oxygens (including phenoxy) is 1. The zero-order chi connectivity index (χ0) is 17.7. The lowest BCUT2D eigenvalue weighted by atomic mass is 9.95. The summed E-state index contributed by atoms with van der Waals surface area (Å²) in [6.45, 7) is 1.80. The highest BCUT2D eigenvalue weighted by Gasteiger charge is 2.31. The maximum absolute atomic E-state index is 12.7. The number of piperidine rings is 1. The molecule has 0 atom stereocenters. The molecular weight excluding hydrogens is 334 g/mol. The van der Waals surface area contributed by atoms with Gasteiger partial charge in [0.15, 0.2) is 5.75 Å². The van der Waals surface area contributed by atoms with Crippen LogP contribution in [0.15, 0.2) is 23.1 Å². The number of nitro groups is 1. The molecular formula is C15H23N3O5S. The molecule has 0 saturated carbocycles. The largest absolute Gasteiger partial charge is 0.490 e. The Bertz CT molecular complexity index is 684. The van der Waals surface area contributed by atoms with Crippen molar-refractivity contribution in [2.75, 3.05) is 33.8 Å². The molecule has 1 heterocycles. The third-order valence-electron chi connectivity index (χ3n) is 4.36. The van der Waals surface area contributed by atoms with E-state index in [1.165, 1.54) is 23.5 Å². The number of hydrogen-bond acceptors (Lipinski definition) is 6. The average Bonchev–Trinajstić information content (AvgIpc) is 2.59. The summed E-state index contributed by atoms with van der Waals surface area (Å²) >= 11 is 0. The van der Waals surface area contributed by atoms with Gasteiger partial charge in [0.25, 0.3) is 0 Å².